The molecule has 2 N–H and O–H groups in total. The highest BCUT2D eigenvalue weighted by Gasteiger charge is 2.31. The van der Waals surface area contributed by atoms with Crippen LogP contribution in [0.5, 0.6) is 5.75 Å². The molecule has 38 heavy (non-hydrogen) atoms. The molecule has 2 amide bonds. The maximum Gasteiger partial charge on any atom is 0.343 e. The summed E-state index contributed by atoms with van der Waals surface area (Å²) in [6, 6.07) is 14.7. The summed E-state index contributed by atoms with van der Waals surface area (Å²) < 4.78 is 5.47. The molecule has 0 fully saturated rings. The van der Waals surface area contributed by atoms with Gasteiger partial charge in [0.15, 0.2) is 0 Å². The minimum Gasteiger partial charge on any atom is -0.423 e. The summed E-state index contributed by atoms with van der Waals surface area (Å²) in [6.07, 6.45) is 1.29. The lowest BCUT2D eigenvalue weighted by atomic mass is 9.98. The molecule has 2 atom stereocenters. The molecule has 2 rings (SSSR count). The minimum atomic E-state index is -0.751. The van der Waals surface area contributed by atoms with Crippen LogP contribution >= 0.6 is 0 Å². The van der Waals surface area contributed by atoms with Crippen LogP contribution in [0, 0.1) is 11.8 Å². The van der Waals surface area contributed by atoms with Gasteiger partial charge in [-0.3, -0.25) is 14.5 Å². The fraction of sp³-hybridized carbons (Fsp3) is 0.516. The Morgan fingerprint density at radius 2 is 1.50 bits per heavy atom. The molecular weight excluding hydrogens is 478 g/mol. The van der Waals surface area contributed by atoms with Crippen LogP contribution in [0.25, 0.3) is 0 Å². The fourth-order valence-electron chi connectivity index (χ4n) is 4.21. The Labute approximate surface area is 228 Å². The Balaban J connectivity index is 2.17. The van der Waals surface area contributed by atoms with Crippen molar-refractivity contribution in [1.82, 2.24) is 15.5 Å². The normalized spacial score (nSPS) is 13.3. The molecule has 0 aliphatic heterocycles. The van der Waals surface area contributed by atoms with Crippen molar-refractivity contribution >= 4 is 17.8 Å². The van der Waals surface area contributed by atoms with E-state index in [1.807, 2.05) is 59.9 Å². The summed E-state index contributed by atoms with van der Waals surface area (Å²) in [4.78, 5) is 41.1. The third-order valence-corrected chi connectivity index (χ3v) is 6.15. The van der Waals surface area contributed by atoms with Crippen molar-refractivity contribution < 1.29 is 19.1 Å². The van der Waals surface area contributed by atoms with E-state index in [4.69, 9.17) is 4.74 Å². The summed E-state index contributed by atoms with van der Waals surface area (Å²) in [7, 11) is 1.96. The van der Waals surface area contributed by atoms with Gasteiger partial charge in [-0.25, -0.2) is 4.79 Å². The van der Waals surface area contributed by atoms with E-state index in [1.54, 1.807) is 36.4 Å². The van der Waals surface area contributed by atoms with E-state index >= 15 is 0 Å². The van der Waals surface area contributed by atoms with Gasteiger partial charge in [-0.2, -0.15) is 0 Å². The number of carbonyl (C=O) groups is 3. The lowest BCUT2D eigenvalue weighted by molar-refractivity contribution is -0.133. The van der Waals surface area contributed by atoms with Crippen LogP contribution in [-0.4, -0.2) is 53.9 Å². The second kappa shape index (κ2) is 14.1. The van der Waals surface area contributed by atoms with E-state index in [0.29, 0.717) is 23.7 Å². The Morgan fingerprint density at radius 3 is 2.03 bits per heavy atom. The van der Waals surface area contributed by atoms with Crippen LogP contribution in [0.2, 0.25) is 0 Å². The van der Waals surface area contributed by atoms with E-state index in [1.165, 1.54) is 0 Å². The maximum atomic E-state index is 13.5. The monoisotopic (exact) mass is 523 g/mol. The van der Waals surface area contributed by atoms with Crippen molar-refractivity contribution in [3.8, 4) is 5.75 Å². The second-order valence-electron chi connectivity index (χ2n) is 11.8. The summed E-state index contributed by atoms with van der Waals surface area (Å²) in [6.45, 7) is 14.9. The highest BCUT2D eigenvalue weighted by atomic mass is 16.5. The van der Waals surface area contributed by atoms with Gasteiger partial charge in [0.1, 0.15) is 11.8 Å². The third-order valence-electron chi connectivity index (χ3n) is 6.15. The first-order chi connectivity index (χ1) is 17.8. The highest BCUT2D eigenvalue weighted by Crippen LogP contribution is 2.17. The molecule has 0 aliphatic carbocycles. The smallest absolute Gasteiger partial charge is 0.343 e. The SMILES string of the molecule is CC(C)CCN(C)[C@H](C(=O)N[C@@H](Cc1ccc(OC(=O)c2ccccc2)cc1)C(=O)NC(C)(C)C)C(C)C. The Hall–Kier alpha value is -3.19. The van der Waals surface area contributed by atoms with Gasteiger partial charge in [0.25, 0.3) is 0 Å². The van der Waals surface area contributed by atoms with Gasteiger partial charge in [0.2, 0.25) is 11.8 Å². The first-order valence-electron chi connectivity index (χ1n) is 13.5. The number of rotatable bonds is 12. The van der Waals surface area contributed by atoms with Gasteiger partial charge in [-0.05, 0) is 82.4 Å². The zero-order valence-corrected chi connectivity index (χ0v) is 24.2. The van der Waals surface area contributed by atoms with E-state index in [2.05, 4.69) is 29.4 Å². The molecule has 0 radical (unpaired) electrons. The second-order valence-corrected chi connectivity index (χ2v) is 11.8. The Bertz CT molecular complexity index is 1040. The van der Waals surface area contributed by atoms with Gasteiger partial charge >= 0.3 is 5.97 Å². The van der Waals surface area contributed by atoms with Gasteiger partial charge < -0.3 is 15.4 Å². The predicted octanol–water partition coefficient (Wildman–Crippen LogP) is 4.85. The van der Waals surface area contributed by atoms with Crippen molar-refractivity contribution in [2.75, 3.05) is 13.6 Å². The van der Waals surface area contributed by atoms with Crippen LogP contribution in [0.4, 0.5) is 0 Å². The molecule has 0 aliphatic rings. The molecule has 0 aromatic heterocycles. The summed E-state index contributed by atoms with van der Waals surface area (Å²) in [5.41, 5.74) is 0.866. The number of nitrogens with one attached hydrogen (secondary N) is 2. The molecule has 0 unspecified atom stereocenters. The van der Waals surface area contributed by atoms with Crippen LogP contribution in [0.1, 0.15) is 70.8 Å². The summed E-state index contributed by atoms with van der Waals surface area (Å²) in [5.74, 6) is 0.195. The summed E-state index contributed by atoms with van der Waals surface area (Å²) in [5, 5.41) is 6.03. The quantitative estimate of drug-likeness (QED) is 0.307. The molecule has 7 heteroatoms. The number of amides is 2. The zero-order valence-electron chi connectivity index (χ0n) is 24.2. The molecule has 0 saturated carbocycles. The number of hydrogen-bond donors (Lipinski definition) is 2. The molecular formula is C31H45N3O4. The van der Waals surface area contributed by atoms with Gasteiger partial charge in [-0.15, -0.1) is 0 Å². The average molecular weight is 524 g/mol. The van der Waals surface area contributed by atoms with Crippen LogP contribution in [0.15, 0.2) is 54.6 Å². The van der Waals surface area contributed by atoms with Crippen molar-refractivity contribution in [2.24, 2.45) is 11.8 Å². The van der Waals surface area contributed by atoms with Crippen LogP contribution in [-0.2, 0) is 16.0 Å². The minimum absolute atomic E-state index is 0.0806. The lowest BCUT2D eigenvalue weighted by Gasteiger charge is -2.32. The van der Waals surface area contributed by atoms with E-state index in [0.717, 1.165) is 18.5 Å². The zero-order chi connectivity index (χ0) is 28.5. The number of hydrogen-bond acceptors (Lipinski definition) is 5. The molecule has 0 spiro atoms. The van der Waals surface area contributed by atoms with Crippen molar-refractivity contribution in [3.05, 3.63) is 65.7 Å². The molecule has 0 bridgehead atoms. The van der Waals surface area contributed by atoms with Gasteiger partial charge in [-0.1, -0.05) is 58.0 Å². The Kier molecular flexibility index (Phi) is 11.5. The standard InChI is InChI=1S/C31H45N3O4/c1-21(2)18-19-34(8)27(22(3)4)29(36)32-26(28(35)33-31(5,6)7)20-23-14-16-25(17-15-23)38-30(37)24-12-10-9-11-13-24/h9-17,21-22,26-27H,18-20H2,1-8H3,(H,32,36)(H,33,35)/t26-,27-/m0/s1. The average Bonchev–Trinajstić information content (AvgIpc) is 2.82. The molecule has 0 heterocycles. The third kappa shape index (κ3) is 10.3. The number of nitrogens with zero attached hydrogens (tertiary/aromatic N) is 1. The highest BCUT2D eigenvalue weighted by molar-refractivity contribution is 5.91. The number of ether oxygens (including phenoxy) is 1. The van der Waals surface area contributed by atoms with E-state index in [9.17, 15) is 14.4 Å². The van der Waals surface area contributed by atoms with Gasteiger partial charge in [0, 0.05) is 12.0 Å². The number of likely N-dealkylation sites (N-methyl/N-ethyl adjacent to an activating group) is 1. The molecule has 0 saturated heterocycles. The van der Waals surface area contributed by atoms with Crippen molar-refractivity contribution in [2.45, 2.75) is 78.9 Å². The molecule has 2 aromatic rings. The summed E-state index contributed by atoms with van der Waals surface area (Å²) >= 11 is 0. The first-order valence-corrected chi connectivity index (χ1v) is 13.5. The first kappa shape index (κ1) is 31.0. The number of esters is 1. The Morgan fingerprint density at radius 1 is 0.895 bits per heavy atom. The van der Waals surface area contributed by atoms with Crippen LogP contribution < -0.4 is 15.4 Å². The van der Waals surface area contributed by atoms with Gasteiger partial charge in [0.05, 0.1) is 11.6 Å². The number of benzene rings is 2. The fourth-order valence-corrected chi connectivity index (χ4v) is 4.21. The lowest BCUT2D eigenvalue weighted by Crippen LogP contribution is -2.57. The van der Waals surface area contributed by atoms with E-state index in [-0.39, 0.29) is 23.8 Å². The largest absolute Gasteiger partial charge is 0.423 e. The molecule has 208 valence electrons. The molecule has 2 aromatic carbocycles. The van der Waals surface area contributed by atoms with Crippen LogP contribution in [0.3, 0.4) is 0 Å². The topological polar surface area (TPSA) is 87.7 Å². The van der Waals surface area contributed by atoms with E-state index < -0.39 is 17.6 Å². The number of carbonyl (C=O) groups excluding carboxylic acids is 3. The molecule has 7 nitrogen and oxygen atoms in total. The maximum absolute atomic E-state index is 13.5. The predicted molar refractivity (Wildman–Crippen MR) is 152 cm³/mol. The van der Waals surface area contributed by atoms with Crippen molar-refractivity contribution in [1.29, 1.82) is 0 Å². The van der Waals surface area contributed by atoms with Crippen molar-refractivity contribution in [3.63, 3.8) is 0 Å².